The van der Waals surface area contributed by atoms with Gasteiger partial charge in [-0.3, -0.25) is 0 Å². The number of nitrogens with one attached hydrogen (secondary N) is 1. The van der Waals surface area contributed by atoms with E-state index in [0.717, 1.165) is 12.2 Å². The van der Waals surface area contributed by atoms with Crippen LogP contribution in [0, 0.1) is 0 Å². The van der Waals surface area contributed by atoms with E-state index in [9.17, 15) is 4.79 Å². The van der Waals surface area contributed by atoms with Gasteiger partial charge in [0.15, 0.2) is 0 Å². The standard InChI is InChI=1S/C16H16ClNO3/c17-12-7-8-14(16(19)20)15(11-12)18-9-4-10-21-13-5-2-1-3-6-13/h1-3,5-8,11,18H,4,9-10H2,(H,19,20). The molecule has 0 aromatic heterocycles. The molecule has 2 rings (SSSR count). The third-order valence-corrected chi connectivity index (χ3v) is 3.10. The smallest absolute Gasteiger partial charge is 0.337 e. The highest BCUT2D eigenvalue weighted by atomic mass is 35.5. The number of carboxylic acids is 1. The van der Waals surface area contributed by atoms with Gasteiger partial charge in [0.2, 0.25) is 0 Å². The molecule has 5 heteroatoms. The molecule has 0 saturated carbocycles. The third kappa shape index (κ3) is 4.68. The number of hydrogen-bond donors (Lipinski definition) is 2. The van der Waals surface area contributed by atoms with Gasteiger partial charge in [-0.15, -0.1) is 0 Å². The van der Waals surface area contributed by atoms with Gasteiger partial charge in [-0.05, 0) is 36.8 Å². The molecule has 0 heterocycles. The van der Waals surface area contributed by atoms with Crippen LogP contribution in [0.2, 0.25) is 5.02 Å². The molecule has 2 aromatic carbocycles. The molecule has 0 unspecified atom stereocenters. The van der Waals surface area contributed by atoms with E-state index in [1.807, 2.05) is 30.3 Å². The Labute approximate surface area is 128 Å². The van der Waals surface area contributed by atoms with Crippen molar-refractivity contribution >= 4 is 23.3 Å². The first-order valence-corrected chi connectivity index (χ1v) is 6.99. The minimum atomic E-state index is -0.977. The van der Waals surface area contributed by atoms with Crippen LogP contribution in [0.15, 0.2) is 48.5 Å². The second kappa shape index (κ2) is 7.55. The quantitative estimate of drug-likeness (QED) is 0.761. The molecular weight excluding hydrogens is 290 g/mol. The van der Waals surface area contributed by atoms with E-state index in [4.69, 9.17) is 21.4 Å². The highest BCUT2D eigenvalue weighted by Crippen LogP contribution is 2.21. The lowest BCUT2D eigenvalue weighted by atomic mass is 10.2. The van der Waals surface area contributed by atoms with Crippen LogP contribution in [-0.4, -0.2) is 24.2 Å². The summed E-state index contributed by atoms with van der Waals surface area (Å²) in [6, 6.07) is 14.2. The van der Waals surface area contributed by atoms with E-state index in [0.29, 0.717) is 23.9 Å². The van der Waals surface area contributed by atoms with Crippen molar-refractivity contribution in [1.29, 1.82) is 0 Å². The van der Waals surface area contributed by atoms with Gasteiger partial charge < -0.3 is 15.2 Å². The number of hydrogen-bond acceptors (Lipinski definition) is 3. The van der Waals surface area contributed by atoms with Crippen LogP contribution >= 0.6 is 11.6 Å². The molecule has 0 saturated heterocycles. The second-order valence-electron chi connectivity index (χ2n) is 4.44. The second-order valence-corrected chi connectivity index (χ2v) is 4.87. The Morgan fingerprint density at radius 1 is 1.19 bits per heavy atom. The zero-order chi connectivity index (χ0) is 15.1. The van der Waals surface area contributed by atoms with E-state index < -0.39 is 5.97 Å². The van der Waals surface area contributed by atoms with E-state index in [1.54, 1.807) is 12.1 Å². The zero-order valence-corrected chi connectivity index (χ0v) is 12.1. The van der Waals surface area contributed by atoms with Gasteiger partial charge in [0.1, 0.15) is 5.75 Å². The average molecular weight is 306 g/mol. The Bertz CT molecular complexity index is 602. The summed E-state index contributed by atoms with van der Waals surface area (Å²) in [6.45, 7) is 1.16. The molecule has 21 heavy (non-hydrogen) atoms. The molecule has 0 atom stereocenters. The normalized spacial score (nSPS) is 10.1. The predicted molar refractivity (Wildman–Crippen MR) is 83.5 cm³/mol. The minimum Gasteiger partial charge on any atom is -0.494 e. The maximum Gasteiger partial charge on any atom is 0.337 e. The predicted octanol–water partition coefficient (Wildman–Crippen LogP) is 3.92. The van der Waals surface area contributed by atoms with E-state index in [-0.39, 0.29) is 5.56 Å². The van der Waals surface area contributed by atoms with Crippen LogP contribution in [0.1, 0.15) is 16.8 Å². The molecule has 0 amide bonds. The van der Waals surface area contributed by atoms with Crippen LogP contribution in [0.3, 0.4) is 0 Å². The van der Waals surface area contributed by atoms with Gasteiger partial charge in [0.25, 0.3) is 0 Å². The summed E-state index contributed by atoms with van der Waals surface area (Å²) in [5.41, 5.74) is 0.734. The van der Waals surface area contributed by atoms with Gasteiger partial charge >= 0.3 is 5.97 Å². The molecule has 0 spiro atoms. The van der Waals surface area contributed by atoms with Crippen molar-refractivity contribution in [2.75, 3.05) is 18.5 Å². The van der Waals surface area contributed by atoms with Crippen molar-refractivity contribution in [2.24, 2.45) is 0 Å². The lowest BCUT2D eigenvalue weighted by Gasteiger charge is -2.10. The summed E-state index contributed by atoms with van der Waals surface area (Å²) in [5, 5.41) is 12.7. The third-order valence-electron chi connectivity index (χ3n) is 2.86. The molecular formula is C16H16ClNO3. The topological polar surface area (TPSA) is 58.6 Å². The largest absolute Gasteiger partial charge is 0.494 e. The lowest BCUT2D eigenvalue weighted by molar-refractivity contribution is 0.0698. The molecule has 0 aliphatic carbocycles. The fraction of sp³-hybridized carbons (Fsp3) is 0.188. The number of benzene rings is 2. The molecule has 0 bridgehead atoms. The van der Waals surface area contributed by atoms with Gasteiger partial charge in [-0.25, -0.2) is 4.79 Å². The molecule has 4 nitrogen and oxygen atoms in total. The highest BCUT2D eigenvalue weighted by Gasteiger charge is 2.09. The monoisotopic (exact) mass is 305 g/mol. The van der Waals surface area contributed by atoms with Crippen LogP contribution < -0.4 is 10.1 Å². The molecule has 2 aromatic rings. The van der Waals surface area contributed by atoms with Crippen molar-refractivity contribution < 1.29 is 14.6 Å². The van der Waals surface area contributed by atoms with Crippen LogP contribution in [0.5, 0.6) is 5.75 Å². The highest BCUT2D eigenvalue weighted by molar-refractivity contribution is 6.31. The molecule has 0 radical (unpaired) electrons. The number of rotatable bonds is 7. The molecule has 2 N–H and O–H groups in total. The van der Waals surface area contributed by atoms with E-state index in [2.05, 4.69) is 5.32 Å². The average Bonchev–Trinajstić information content (AvgIpc) is 2.48. The Hall–Kier alpha value is -2.20. The van der Waals surface area contributed by atoms with Crippen molar-refractivity contribution in [3.05, 3.63) is 59.1 Å². The summed E-state index contributed by atoms with van der Waals surface area (Å²) in [5.74, 6) is -0.152. The van der Waals surface area contributed by atoms with Gasteiger partial charge in [0, 0.05) is 11.6 Å². The first-order chi connectivity index (χ1) is 10.2. The zero-order valence-electron chi connectivity index (χ0n) is 11.4. The number of ether oxygens (including phenoxy) is 1. The first kappa shape index (κ1) is 15.2. The minimum absolute atomic E-state index is 0.211. The SMILES string of the molecule is O=C(O)c1ccc(Cl)cc1NCCCOc1ccccc1. The first-order valence-electron chi connectivity index (χ1n) is 6.61. The van der Waals surface area contributed by atoms with Crippen LogP contribution in [-0.2, 0) is 0 Å². The van der Waals surface area contributed by atoms with E-state index >= 15 is 0 Å². The van der Waals surface area contributed by atoms with Crippen LogP contribution in [0.25, 0.3) is 0 Å². The number of aromatic carboxylic acids is 1. The Balaban J connectivity index is 1.81. The Morgan fingerprint density at radius 2 is 1.95 bits per heavy atom. The fourth-order valence-corrected chi connectivity index (χ4v) is 2.02. The summed E-state index contributed by atoms with van der Waals surface area (Å²) in [4.78, 5) is 11.1. The van der Waals surface area contributed by atoms with E-state index in [1.165, 1.54) is 6.07 Å². The maximum atomic E-state index is 11.1. The van der Waals surface area contributed by atoms with Crippen molar-refractivity contribution in [2.45, 2.75) is 6.42 Å². The van der Waals surface area contributed by atoms with Crippen molar-refractivity contribution in [1.82, 2.24) is 0 Å². The number of carbonyl (C=O) groups is 1. The number of halogens is 1. The maximum absolute atomic E-state index is 11.1. The van der Waals surface area contributed by atoms with Gasteiger partial charge in [0.05, 0.1) is 17.9 Å². The number of para-hydroxylation sites is 1. The summed E-state index contributed by atoms with van der Waals surface area (Å²) in [7, 11) is 0. The van der Waals surface area contributed by atoms with Crippen molar-refractivity contribution in [3.8, 4) is 5.75 Å². The molecule has 0 aliphatic heterocycles. The van der Waals surface area contributed by atoms with Crippen LogP contribution in [0.4, 0.5) is 5.69 Å². The number of anilines is 1. The molecule has 110 valence electrons. The Kier molecular flexibility index (Phi) is 5.46. The molecule has 0 aliphatic rings. The number of carboxylic acid groups (broad SMARTS) is 1. The lowest BCUT2D eigenvalue weighted by Crippen LogP contribution is -2.10. The summed E-state index contributed by atoms with van der Waals surface area (Å²) >= 11 is 5.88. The summed E-state index contributed by atoms with van der Waals surface area (Å²) < 4.78 is 5.56. The summed E-state index contributed by atoms with van der Waals surface area (Å²) in [6.07, 6.45) is 0.750. The van der Waals surface area contributed by atoms with Gasteiger partial charge in [-0.1, -0.05) is 29.8 Å². The Morgan fingerprint density at radius 3 is 2.67 bits per heavy atom. The van der Waals surface area contributed by atoms with Crippen molar-refractivity contribution in [3.63, 3.8) is 0 Å². The molecule has 0 fully saturated rings. The fourth-order valence-electron chi connectivity index (χ4n) is 1.85. The van der Waals surface area contributed by atoms with Gasteiger partial charge in [-0.2, -0.15) is 0 Å².